The number of para-hydroxylation sites is 1. The highest BCUT2D eigenvalue weighted by Crippen LogP contribution is 2.16. The van der Waals surface area contributed by atoms with Crippen LogP contribution in [0.3, 0.4) is 0 Å². The minimum absolute atomic E-state index is 0.0570. The number of nitrogens with one attached hydrogen (secondary N) is 1. The summed E-state index contributed by atoms with van der Waals surface area (Å²) in [6.45, 7) is 3.99. The molecule has 0 bridgehead atoms. The van der Waals surface area contributed by atoms with Gasteiger partial charge in [0.15, 0.2) is 0 Å². The van der Waals surface area contributed by atoms with Gasteiger partial charge in [0.2, 0.25) is 5.91 Å². The van der Waals surface area contributed by atoms with Gasteiger partial charge in [-0.25, -0.2) is 0 Å². The predicted molar refractivity (Wildman–Crippen MR) is 71.8 cm³/mol. The summed E-state index contributed by atoms with van der Waals surface area (Å²) < 4.78 is 1.05. The molecule has 0 fully saturated rings. The largest absolute Gasteiger partial charge is 0.322 e. The van der Waals surface area contributed by atoms with E-state index in [1.54, 1.807) is 6.08 Å². The van der Waals surface area contributed by atoms with Gasteiger partial charge in [-0.05, 0) is 48.1 Å². The molecule has 0 aliphatic rings. The molecule has 2 nitrogen and oxygen atoms in total. The molecule has 0 aliphatic carbocycles. The Morgan fingerprint density at radius 1 is 1.47 bits per heavy atom. The molecule has 0 aliphatic heterocycles. The molecule has 0 unspecified atom stereocenters. The number of anilines is 1. The van der Waals surface area contributed by atoms with E-state index in [0.717, 1.165) is 21.3 Å². The van der Waals surface area contributed by atoms with Gasteiger partial charge in [-0.2, -0.15) is 0 Å². The second-order valence-corrected chi connectivity index (χ2v) is 4.48. The van der Waals surface area contributed by atoms with E-state index in [1.807, 2.05) is 38.1 Å². The lowest BCUT2D eigenvalue weighted by Crippen LogP contribution is -2.09. The van der Waals surface area contributed by atoms with Crippen LogP contribution in [0.2, 0.25) is 0 Å². The molecule has 15 heavy (non-hydrogen) atoms. The van der Waals surface area contributed by atoms with E-state index in [9.17, 15) is 4.79 Å². The minimum Gasteiger partial charge on any atom is -0.322 e. The molecule has 0 spiro atoms. The first-order valence-corrected chi connectivity index (χ1v) is 5.94. The number of hydrogen-bond donors (Lipinski definition) is 1. The predicted octanol–water partition coefficient (Wildman–Crippen LogP) is 3.59. The Hall–Kier alpha value is -0.840. The summed E-state index contributed by atoms with van der Waals surface area (Å²) in [5.74, 6) is -0.0570. The lowest BCUT2D eigenvalue weighted by atomic mass is 10.2. The number of carbonyl (C=O) groups excluding carboxylic acids is 1. The maximum Gasteiger partial charge on any atom is 0.248 e. The number of benzene rings is 1. The average molecular weight is 315 g/mol. The molecule has 1 amide bonds. The zero-order valence-electron chi connectivity index (χ0n) is 8.88. The van der Waals surface area contributed by atoms with Crippen LogP contribution in [0.25, 0.3) is 0 Å². The quantitative estimate of drug-likeness (QED) is 0.670. The van der Waals surface area contributed by atoms with E-state index in [0.29, 0.717) is 0 Å². The number of carbonyl (C=O) groups is 1. The third kappa shape index (κ3) is 4.03. The number of amides is 1. The van der Waals surface area contributed by atoms with Gasteiger partial charge in [0.25, 0.3) is 0 Å². The molecule has 0 atom stereocenters. The summed E-state index contributed by atoms with van der Waals surface area (Å²) in [5, 5.41) is 2.85. The Balaban J connectivity index is 2.71. The zero-order chi connectivity index (χ0) is 11.3. The minimum atomic E-state index is -0.0570. The Morgan fingerprint density at radius 3 is 2.73 bits per heavy atom. The third-order valence-electron chi connectivity index (χ3n) is 2.07. The molecule has 0 saturated carbocycles. The van der Waals surface area contributed by atoms with Crippen LogP contribution < -0.4 is 5.32 Å². The fourth-order valence-corrected chi connectivity index (χ4v) is 1.58. The van der Waals surface area contributed by atoms with Crippen molar-refractivity contribution in [2.24, 2.45) is 0 Å². The van der Waals surface area contributed by atoms with Crippen molar-refractivity contribution in [1.82, 2.24) is 0 Å². The molecule has 0 saturated heterocycles. The van der Waals surface area contributed by atoms with E-state index in [4.69, 9.17) is 0 Å². The smallest absolute Gasteiger partial charge is 0.248 e. The second-order valence-electron chi connectivity index (χ2n) is 3.31. The van der Waals surface area contributed by atoms with Crippen LogP contribution in [0.5, 0.6) is 0 Å². The Labute approximate surface area is 104 Å². The van der Waals surface area contributed by atoms with Crippen LogP contribution in [0.4, 0.5) is 5.69 Å². The Morgan fingerprint density at radius 2 is 2.13 bits per heavy atom. The fraction of sp³-hybridized carbons (Fsp3) is 0.250. The monoisotopic (exact) mass is 315 g/mol. The topological polar surface area (TPSA) is 29.1 Å². The van der Waals surface area contributed by atoms with Crippen LogP contribution in [0.15, 0.2) is 35.9 Å². The Bertz CT molecular complexity index is 385. The first-order valence-electron chi connectivity index (χ1n) is 4.86. The summed E-state index contributed by atoms with van der Waals surface area (Å²) in [5.41, 5.74) is 1.95. The molecule has 0 aromatic heterocycles. The van der Waals surface area contributed by atoms with Gasteiger partial charge >= 0.3 is 0 Å². The fourth-order valence-electron chi connectivity index (χ4n) is 1.06. The highest BCUT2D eigenvalue weighted by Gasteiger charge is 2.01. The highest BCUT2D eigenvalue weighted by atomic mass is 127. The van der Waals surface area contributed by atoms with E-state index < -0.39 is 0 Å². The van der Waals surface area contributed by atoms with Crippen LogP contribution in [0.1, 0.15) is 20.3 Å². The second kappa shape index (κ2) is 5.90. The molecule has 0 radical (unpaired) electrons. The first kappa shape index (κ1) is 12.2. The van der Waals surface area contributed by atoms with Gasteiger partial charge in [0.1, 0.15) is 0 Å². The Kier molecular flexibility index (Phi) is 4.81. The van der Waals surface area contributed by atoms with Crippen molar-refractivity contribution in [3.05, 3.63) is 39.5 Å². The van der Waals surface area contributed by atoms with Crippen LogP contribution in [0, 0.1) is 3.57 Å². The molecule has 80 valence electrons. The van der Waals surface area contributed by atoms with E-state index in [-0.39, 0.29) is 5.91 Å². The van der Waals surface area contributed by atoms with E-state index in [1.165, 1.54) is 0 Å². The molecule has 1 N–H and O–H groups in total. The lowest BCUT2D eigenvalue weighted by molar-refractivity contribution is -0.112. The van der Waals surface area contributed by atoms with E-state index in [2.05, 4.69) is 27.9 Å². The van der Waals surface area contributed by atoms with Crippen LogP contribution in [-0.4, -0.2) is 5.91 Å². The highest BCUT2D eigenvalue weighted by molar-refractivity contribution is 14.1. The van der Waals surface area contributed by atoms with Crippen molar-refractivity contribution >= 4 is 34.2 Å². The SMILES string of the molecule is CC/C(C)=C\C(=O)Nc1ccccc1I. The summed E-state index contributed by atoms with van der Waals surface area (Å²) in [6.07, 6.45) is 2.54. The summed E-state index contributed by atoms with van der Waals surface area (Å²) in [4.78, 5) is 11.5. The van der Waals surface area contributed by atoms with Crippen molar-refractivity contribution in [1.29, 1.82) is 0 Å². The lowest BCUT2D eigenvalue weighted by Gasteiger charge is -2.04. The average Bonchev–Trinajstić information content (AvgIpc) is 2.21. The molecular weight excluding hydrogens is 301 g/mol. The molecular formula is C12H14INO. The van der Waals surface area contributed by atoms with Gasteiger partial charge in [-0.15, -0.1) is 0 Å². The molecule has 1 aromatic rings. The first-order chi connectivity index (χ1) is 7.13. The van der Waals surface area contributed by atoms with Gasteiger partial charge < -0.3 is 5.32 Å². The maximum atomic E-state index is 11.5. The molecule has 3 heteroatoms. The number of hydrogen-bond acceptors (Lipinski definition) is 1. The summed E-state index contributed by atoms with van der Waals surface area (Å²) in [7, 11) is 0. The normalized spacial score (nSPS) is 11.3. The van der Waals surface area contributed by atoms with Gasteiger partial charge in [0.05, 0.1) is 5.69 Å². The number of allylic oxidation sites excluding steroid dienone is 1. The summed E-state index contributed by atoms with van der Waals surface area (Å²) >= 11 is 2.20. The van der Waals surface area contributed by atoms with Gasteiger partial charge in [-0.1, -0.05) is 24.6 Å². The van der Waals surface area contributed by atoms with Crippen molar-refractivity contribution in [2.45, 2.75) is 20.3 Å². The van der Waals surface area contributed by atoms with Crippen molar-refractivity contribution < 1.29 is 4.79 Å². The van der Waals surface area contributed by atoms with Crippen molar-refractivity contribution in [3.8, 4) is 0 Å². The van der Waals surface area contributed by atoms with E-state index >= 15 is 0 Å². The third-order valence-corrected chi connectivity index (χ3v) is 3.01. The molecule has 1 aromatic carbocycles. The van der Waals surface area contributed by atoms with Crippen molar-refractivity contribution in [2.75, 3.05) is 5.32 Å². The molecule has 1 rings (SSSR count). The van der Waals surface area contributed by atoms with Crippen LogP contribution in [-0.2, 0) is 4.79 Å². The number of halogens is 1. The van der Waals surface area contributed by atoms with Crippen LogP contribution >= 0.6 is 22.6 Å². The summed E-state index contributed by atoms with van der Waals surface area (Å²) in [6, 6.07) is 7.72. The van der Waals surface area contributed by atoms with Crippen molar-refractivity contribution in [3.63, 3.8) is 0 Å². The standard InChI is InChI=1S/C12H14INO/c1-3-9(2)8-12(15)14-11-7-5-4-6-10(11)13/h4-8H,3H2,1-2H3,(H,14,15)/b9-8-. The maximum absolute atomic E-state index is 11.5. The van der Waals surface area contributed by atoms with Gasteiger partial charge in [-0.3, -0.25) is 4.79 Å². The molecule has 0 heterocycles. The number of rotatable bonds is 3. The van der Waals surface area contributed by atoms with Gasteiger partial charge in [0, 0.05) is 9.65 Å². The zero-order valence-corrected chi connectivity index (χ0v) is 11.0.